The Bertz CT molecular complexity index is 532. The SMILES string of the molecule is C#CCNc1ccc(C(N)=O)c(C(=O)OCCCC)c1. The second-order valence-electron chi connectivity index (χ2n) is 4.17. The highest BCUT2D eigenvalue weighted by Gasteiger charge is 2.17. The molecule has 0 aliphatic rings. The zero-order valence-corrected chi connectivity index (χ0v) is 11.4. The van der Waals surface area contributed by atoms with E-state index in [1.165, 1.54) is 12.1 Å². The summed E-state index contributed by atoms with van der Waals surface area (Å²) in [5.74, 6) is 1.20. The molecule has 0 fully saturated rings. The van der Waals surface area contributed by atoms with Gasteiger partial charge in [-0.15, -0.1) is 6.42 Å². The number of benzene rings is 1. The summed E-state index contributed by atoms with van der Waals surface area (Å²) in [4.78, 5) is 23.3. The molecule has 5 heteroatoms. The van der Waals surface area contributed by atoms with Crippen LogP contribution in [0.2, 0.25) is 0 Å². The van der Waals surface area contributed by atoms with Crippen molar-refractivity contribution in [2.75, 3.05) is 18.5 Å². The fourth-order valence-corrected chi connectivity index (χ4v) is 1.58. The number of nitrogens with two attached hydrogens (primary N) is 1. The van der Waals surface area contributed by atoms with Crippen LogP contribution in [-0.2, 0) is 4.74 Å². The molecule has 20 heavy (non-hydrogen) atoms. The van der Waals surface area contributed by atoms with Gasteiger partial charge in [0.25, 0.3) is 0 Å². The summed E-state index contributed by atoms with van der Waals surface area (Å²) in [6.45, 7) is 2.63. The van der Waals surface area contributed by atoms with Crippen LogP contribution in [0.4, 0.5) is 5.69 Å². The van der Waals surface area contributed by atoms with Crippen LogP contribution in [0.15, 0.2) is 18.2 Å². The molecule has 0 heterocycles. The molecule has 0 bridgehead atoms. The van der Waals surface area contributed by atoms with Gasteiger partial charge in [-0.05, 0) is 24.6 Å². The summed E-state index contributed by atoms with van der Waals surface area (Å²) in [6, 6.07) is 4.64. The first-order valence-electron chi connectivity index (χ1n) is 6.38. The van der Waals surface area contributed by atoms with Gasteiger partial charge in [-0.25, -0.2) is 4.79 Å². The van der Waals surface area contributed by atoms with E-state index in [0.29, 0.717) is 18.8 Å². The van der Waals surface area contributed by atoms with Gasteiger partial charge < -0.3 is 15.8 Å². The van der Waals surface area contributed by atoms with Crippen LogP contribution in [0, 0.1) is 12.3 Å². The number of hydrogen-bond donors (Lipinski definition) is 2. The Morgan fingerprint density at radius 2 is 2.15 bits per heavy atom. The molecule has 0 atom stereocenters. The molecule has 0 aliphatic heterocycles. The second-order valence-corrected chi connectivity index (χ2v) is 4.17. The Kier molecular flexibility index (Phi) is 6.11. The first-order valence-corrected chi connectivity index (χ1v) is 6.38. The zero-order valence-electron chi connectivity index (χ0n) is 11.4. The van der Waals surface area contributed by atoms with Gasteiger partial charge in [-0.3, -0.25) is 4.79 Å². The molecule has 0 spiro atoms. The number of unbranched alkanes of at least 4 members (excludes halogenated alkanes) is 1. The van der Waals surface area contributed by atoms with E-state index in [1.807, 2.05) is 6.92 Å². The fraction of sp³-hybridized carbons (Fsp3) is 0.333. The van der Waals surface area contributed by atoms with Crippen LogP contribution < -0.4 is 11.1 Å². The predicted octanol–water partition coefficient (Wildman–Crippen LogP) is 1.79. The van der Waals surface area contributed by atoms with Gasteiger partial charge in [0.05, 0.1) is 24.3 Å². The minimum atomic E-state index is -0.670. The molecular formula is C15H18N2O3. The molecular weight excluding hydrogens is 256 g/mol. The van der Waals surface area contributed by atoms with Crippen LogP contribution in [0.3, 0.4) is 0 Å². The zero-order chi connectivity index (χ0) is 15.0. The van der Waals surface area contributed by atoms with Crippen LogP contribution in [0.1, 0.15) is 40.5 Å². The van der Waals surface area contributed by atoms with Crippen molar-refractivity contribution in [1.82, 2.24) is 0 Å². The lowest BCUT2D eigenvalue weighted by Crippen LogP contribution is -2.18. The van der Waals surface area contributed by atoms with Crippen LogP contribution >= 0.6 is 0 Å². The van der Waals surface area contributed by atoms with Crippen LogP contribution in [0.5, 0.6) is 0 Å². The number of terminal acetylenes is 1. The van der Waals surface area contributed by atoms with Crippen molar-refractivity contribution in [3.8, 4) is 12.3 Å². The molecule has 5 nitrogen and oxygen atoms in total. The van der Waals surface area contributed by atoms with Crippen molar-refractivity contribution in [3.63, 3.8) is 0 Å². The molecule has 0 unspecified atom stereocenters. The summed E-state index contributed by atoms with van der Waals surface area (Å²) in [5, 5.41) is 2.93. The van der Waals surface area contributed by atoms with Gasteiger partial charge in [0.15, 0.2) is 0 Å². The third-order valence-corrected chi connectivity index (χ3v) is 2.63. The molecule has 1 amide bonds. The van der Waals surface area contributed by atoms with E-state index < -0.39 is 11.9 Å². The molecule has 106 valence electrons. The Morgan fingerprint density at radius 1 is 1.40 bits per heavy atom. The normalized spacial score (nSPS) is 9.60. The number of carbonyl (C=O) groups is 2. The first-order chi connectivity index (χ1) is 9.60. The quantitative estimate of drug-likeness (QED) is 0.451. The smallest absolute Gasteiger partial charge is 0.339 e. The average molecular weight is 274 g/mol. The van der Waals surface area contributed by atoms with Gasteiger partial charge in [0.2, 0.25) is 5.91 Å². The maximum Gasteiger partial charge on any atom is 0.339 e. The maximum atomic E-state index is 12.0. The number of carbonyl (C=O) groups excluding carboxylic acids is 2. The number of nitrogens with one attached hydrogen (secondary N) is 1. The summed E-state index contributed by atoms with van der Waals surface area (Å²) in [6.07, 6.45) is 6.84. The number of hydrogen-bond acceptors (Lipinski definition) is 4. The van der Waals surface area contributed by atoms with E-state index >= 15 is 0 Å². The predicted molar refractivity (Wildman–Crippen MR) is 77.5 cm³/mol. The Labute approximate surface area is 118 Å². The standard InChI is InChI=1S/C15H18N2O3/c1-3-5-9-20-15(19)13-10-11(17-8-4-2)6-7-12(13)14(16)18/h2,6-7,10,17H,3,5,8-9H2,1H3,(H2,16,18). The highest BCUT2D eigenvalue weighted by atomic mass is 16.5. The van der Waals surface area contributed by atoms with Crippen molar-refractivity contribution in [1.29, 1.82) is 0 Å². The molecule has 0 saturated carbocycles. The van der Waals surface area contributed by atoms with E-state index in [0.717, 1.165) is 12.8 Å². The Hall–Kier alpha value is -2.48. The molecule has 0 aliphatic carbocycles. The van der Waals surface area contributed by atoms with Crippen molar-refractivity contribution >= 4 is 17.6 Å². The summed E-state index contributed by atoms with van der Waals surface area (Å²) < 4.78 is 5.10. The highest BCUT2D eigenvalue weighted by Crippen LogP contribution is 2.17. The third kappa shape index (κ3) is 4.32. The van der Waals surface area contributed by atoms with Crippen LogP contribution in [-0.4, -0.2) is 25.0 Å². The third-order valence-electron chi connectivity index (χ3n) is 2.63. The summed E-state index contributed by atoms with van der Waals surface area (Å²) in [5.41, 5.74) is 6.18. The lowest BCUT2D eigenvalue weighted by Gasteiger charge is -2.10. The average Bonchev–Trinajstić information content (AvgIpc) is 2.44. The molecule has 0 aromatic heterocycles. The van der Waals surface area contributed by atoms with Crippen molar-refractivity contribution in [2.24, 2.45) is 5.73 Å². The number of amides is 1. The number of anilines is 1. The molecule has 1 aromatic carbocycles. The molecule has 3 N–H and O–H groups in total. The minimum absolute atomic E-state index is 0.137. The van der Waals surface area contributed by atoms with Crippen LogP contribution in [0.25, 0.3) is 0 Å². The highest BCUT2D eigenvalue weighted by molar-refractivity contribution is 6.05. The van der Waals surface area contributed by atoms with Crippen molar-refractivity contribution in [3.05, 3.63) is 29.3 Å². The monoisotopic (exact) mass is 274 g/mol. The second kappa shape index (κ2) is 7.85. The number of esters is 1. The first kappa shape index (κ1) is 15.6. The summed E-state index contributed by atoms with van der Waals surface area (Å²) >= 11 is 0. The van der Waals surface area contributed by atoms with Crippen molar-refractivity contribution in [2.45, 2.75) is 19.8 Å². The van der Waals surface area contributed by atoms with E-state index in [1.54, 1.807) is 6.07 Å². The summed E-state index contributed by atoms with van der Waals surface area (Å²) in [7, 11) is 0. The van der Waals surface area contributed by atoms with Crippen molar-refractivity contribution < 1.29 is 14.3 Å². The molecule has 1 rings (SSSR count). The van der Waals surface area contributed by atoms with E-state index in [9.17, 15) is 9.59 Å². The van der Waals surface area contributed by atoms with E-state index in [4.69, 9.17) is 16.9 Å². The maximum absolute atomic E-state index is 12.0. The Balaban J connectivity index is 2.96. The van der Waals surface area contributed by atoms with E-state index in [2.05, 4.69) is 11.2 Å². The van der Waals surface area contributed by atoms with Gasteiger partial charge in [-0.2, -0.15) is 0 Å². The fourth-order valence-electron chi connectivity index (χ4n) is 1.58. The Morgan fingerprint density at radius 3 is 2.75 bits per heavy atom. The topological polar surface area (TPSA) is 81.4 Å². The minimum Gasteiger partial charge on any atom is -0.462 e. The largest absolute Gasteiger partial charge is 0.462 e. The molecule has 0 radical (unpaired) electrons. The lowest BCUT2D eigenvalue weighted by molar-refractivity contribution is 0.0496. The number of ether oxygens (including phenoxy) is 1. The van der Waals surface area contributed by atoms with E-state index in [-0.39, 0.29) is 11.1 Å². The van der Waals surface area contributed by atoms with Gasteiger partial charge >= 0.3 is 5.97 Å². The molecule has 1 aromatic rings. The molecule has 0 saturated heterocycles. The van der Waals surface area contributed by atoms with Gasteiger partial charge in [0.1, 0.15) is 0 Å². The number of primary amides is 1. The van der Waals surface area contributed by atoms with Gasteiger partial charge in [0, 0.05) is 5.69 Å². The lowest BCUT2D eigenvalue weighted by atomic mass is 10.1. The van der Waals surface area contributed by atoms with Gasteiger partial charge in [-0.1, -0.05) is 19.3 Å². The number of rotatable bonds is 7.